The summed E-state index contributed by atoms with van der Waals surface area (Å²) in [7, 11) is 3.22. The minimum atomic E-state index is -1.06. The van der Waals surface area contributed by atoms with Crippen LogP contribution in [-0.2, 0) is 18.6 Å². The quantitative estimate of drug-likeness (QED) is 0.887. The third kappa shape index (κ3) is 3.19. The van der Waals surface area contributed by atoms with Crippen molar-refractivity contribution < 1.29 is 14.6 Å². The van der Waals surface area contributed by atoms with Gasteiger partial charge >= 0.3 is 0 Å². The van der Waals surface area contributed by atoms with E-state index in [2.05, 4.69) is 5.10 Å². The molecule has 1 heterocycles. The average Bonchev–Trinajstić information content (AvgIpc) is 2.91. The Labute approximate surface area is 125 Å². The van der Waals surface area contributed by atoms with Crippen LogP contribution in [0.1, 0.15) is 25.1 Å². The standard InChI is InChI=1S/C16H22N2O3/c1-5-18-15(14(21-4)11-17-18)16(2,19)10-12-6-8-13(20-3)9-7-12/h6-9,11,19H,5,10H2,1-4H3. The number of aromatic nitrogens is 2. The molecule has 0 aliphatic carbocycles. The van der Waals surface area contributed by atoms with Crippen LogP contribution in [0.15, 0.2) is 30.5 Å². The Morgan fingerprint density at radius 2 is 1.86 bits per heavy atom. The Hall–Kier alpha value is -2.01. The van der Waals surface area contributed by atoms with Gasteiger partial charge in [-0.15, -0.1) is 0 Å². The first-order valence-corrected chi connectivity index (χ1v) is 6.97. The minimum absolute atomic E-state index is 0.471. The molecule has 0 saturated carbocycles. The SMILES string of the molecule is CCn1ncc(OC)c1C(C)(O)Cc1ccc(OC)cc1. The van der Waals surface area contributed by atoms with E-state index in [-0.39, 0.29) is 0 Å². The normalized spacial score (nSPS) is 13.8. The summed E-state index contributed by atoms with van der Waals surface area (Å²) in [4.78, 5) is 0. The number of aliphatic hydroxyl groups is 1. The van der Waals surface area contributed by atoms with Gasteiger partial charge in [-0.2, -0.15) is 5.10 Å². The van der Waals surface area contributed by atoms with Gasteiger partial charge < -0.3 is 14.6 Å². The lowest BCUT2D eigenvalue weighted by Crippen LogP contribution is -2.28. The van der Waals surface area contributed by atoms with Gasteiger partial charge in [-0.05, 0) is 31.5 Å². The molecule has 0 amide bonds. The van der Waals surface area contributed by atoms with Gasteiger partial charge in [0.15, 0.2) is 5.75 Å². The van der Waals surface area contributed by atoms with E-state index in [9.17, 15) is 5.11 Å². The van der Waals surface area contributed by atoms with Crippen LogP contribution in [0.5, 0.6) is 11.5 Å². The van der Waals surface area contributed by atoms with Gasteiger partial charge in [-0.3, -0.25) is 4.68 Å². The van der Waals surface area contributed by atoms with Crippen molar-refractivity contribution in [3.05, 3.63) is 41.7 Å². The smallest absolute Gasteiger partial charge is 0.162 e. The molecule has 1 atom stereocenters. The van der Waals surface area contributed by atoms with E-state index in [1.165, 1.54) is 0 Å². The van der Waals surface area contributed by atoms with Crippen LogP contribution < -0.4 is 9.47 Å². The van der Waals surface area contributed by atoms with E-state index in [0.717, 1.165) is 11.3 Å². The number of rotatable bonds is 6. The zero-order chi connectivity index (χ0) is 15.5. The van der Waals surface area contributed by atoms with Crippen molar-refractivity contribution in [2.75, 3.05) is 14.2 Å². The van der Waals surface area contributed by atoms with Crippen LogP contribution in [0.25, 0.3) is 0 Å². The summed E-state index contributed by atoms with van der Waals surface area (Å²) in [6, 6.07) is 7.68. The number of ether oxygens (including phenoxy) is 2. The van der Waals surface area contributed by atoms with Crippen molar-refractivity contribution in [3.8, 4) is 11.5 Å². The van der Waals surface area contributed by atoms with Gasteiger partial charge in [0.2, 0.25) is 0 Å². The Kier molecular flexibility index (Phi) is 4.53. The van der Waals surface area contributed by atoms with Crippen molar-refractivity contribution in [1.82, 2.24) is 9.78 Å². The highest BCUT2D eigenvalue weighted by Gasteiger charge is 2.31. The molecule has 1 N–H and O–H groups in total. The molecule has 0 bridgehead atoms. The summed E-state index contributed by atoms with van der Waals surface area (Å²) >= 11 is 0. The molecule has 0 radical (unpaired) electrons. The highest BCUT2D eigenvalue weighted by molar-refractivity contribution is 5.34. The fourth-order valence-corrected chi connectivity index (χ4v) is 2.53. The van der Waals surface area contributed by atoms with E-state index in [1.807, 2.05) is 31.2 Å². The second-order valence-electron chi connectivity index (χ2n) is 5.18. The van der Waals surface area contributed by atoms with Crippen LogP contribution in [0.3, 0.4) is 0 Å². The monoisotopic (exact) mass is 290 g/mol. The van der Waals surface area contributed by atoms with Crippen LogP contribution in [0.4, 0.5) is 0 Å². The number of methoxy groups -OCH3 is 2. The molecule has 5 heteroatoms. The van der Waals surface area contributed by atoms with Gasteiger partial charge in [0.1, 0.15) is 17.0 Å². The molecule has 1 aromatic carbocycles. The molecule has 0 saturated heterocycles. The fourth-order valence-electron chi connectivity index (χ4n) is 2.53. The maximum absolute atomic E-state index is 10.9. The lowest BCUT2D eigenvalue weighted by molar-refractivity contribution is 0.0454. The first-order valence-electron chi connectivity index (χ1n) is 6.97. The summed E-state index contributed by atoms with van der Waals surface area (Å²) in [5.41, 5.74) is 0.655. The molecule has 5 nitrogen and oxygen atoms in total. The summed E-state index contributed by atoms with van der Waals surface area (Å²) in [6.07, 6.45) is 2.11. The van der Waals surface area contributed by atoms with E-state index in [0.29, 0.717) is 24.4 Å². The predicted molar refractivity (Wildman–Crippen MR) is 80.7 cm³/mol. The largest absolute Gasteiger partial charge is 0.497 e. The number of benzene rings is 1. The molecule has 1 aromatic heterocycles. The van der Waals surface area contributed by atoms with Crippen molar-refractivity contribution >= 4 is 0 Å². The highest BCUT2D eigenvalue weighted by Crippen LogP contribution is 2.33. The maximum Gasteiger partial charge on any atom is 0.162 e. The number of hydrogen-bond acceptors (Lipinski definition) is 4. The molecule has 0 spiro atoms. The Morgan fingerprint density at radius 1 is 1.19 bits per heavy atom. The second-order valence-corrected chi connectivity index (χ2v) is 5.18. The molecule has 1 unspecified atom stereocenters. The van der Waals surface area contributed by atoms with Crippen LogP contribution >= 0.6 is 0 Å². The molecule has 0 aliphatic heterocycles. The topological polar surface area (TPSA) is 56.5 Å². The summed E-state index contributed by atoms with van der Waals surface area (Å²) < 4.78 is 12.2. The van der Waals surface area contributed by atoms with Crippen LogP contribution in [-0.4, -0.2) is 29.1 Å². The first kappa shape index (κ1) is 15.4. The van der Waals surface area contributed by atoms with Gasteiger partial charge in [-0.25, -0.2) is 0 Å². The van der Waals surface area contributed by atoms with Crippen molar-refractivity contribution in [2.45, 2.75) is 32.4 Å². The third-order valence-corrected chi connectivity index (χ3v) is 3.54. The summed E-state index contributed by atoms with van der Waals surface area (Å²) in [5, 5.41) is 15.2. The van der Waals surface area contributed by atoms with Crippen LogP contribution in [0.2, 0.25) is 0 Å². The zero-order valence-electron chi connectivity index (χ0n) is 13.0. The Morgan fingerprint density at radius 3 is 2.38 bits per heavy atom. The van der Waals surface area contributed by atoms with Gasteiger partial charge in [0, 0.05) is 13.0 Å². The minimum Gasteiger partial charge on any atom is -0.497 e. The Balaban J connectivity index is 2.30. The molecular formula is C16H22N2O3. The highest BCUT2D eigenvalue weighted by atomic mass is 16.5. The number of aryl methyl sites for hydroxylation is 1. The molecule has 2 aromatic rings. The lowest BCUT2D eigenvalue weighted by atomic mass is 9.92. The van der Waals surface area contributed by atoms with E-state index >= 15 is 0 Å². The first-order chi connectivity index (χ1) is 10.0. The molecule has 0 aliphatic rings. The molecular weight excluding hydrogens is 268 g/mol. The van der Waals surface area contributed by atoms with E-state index < -0.39 is 5.60 Å². The van der Waals surface area contributed by atoms with E-state index in [4.69, 9.17) is 9.47 Å². The Bertz CT molecular complexity index is 567. The average molecular weight is 290 g/mol. The maximum atomic E-state index is 10.9. The van der Waals surface area contributed by atoms with Gasteiger partial charge in [0.25, 0.3) is 0 Å². The number of nitrogens with zero attached hydrogens (tertiary/aromatic N) is 2. The van der Waals surface area contributed by atoms with Crippen molar-refractivity contribution in [2.24, 2.45) is 0 Å². The zero-order valence-corrected chi connectivity index (χ0v) is 13.0. The summed E-state index contributed by atoms with van der Waals surface area (Å²) in [6.45, 7) is 4.44. The summed E-state index contributed by atoms with van der Waals surface area (Å²) in [5.74, 6) is 1.41. The molecule has 0 fully saturated rings. The van der Waals surface area contributed by atoms with Gasteiger partial charge in [-0.1, -0.05) is 12.1 Å². The lowest BCUT2D eigenvalue weighted by Gasteiger charge is -2.25. The van der Waals surface area contributed by atoms with Crippen molar-refractivity contribution in [1.29, 1.82) is 0 Å². The molecule has 114 valence electrons. The van der Waals surface area contributed by atoms with Crippen molar-refractivity contribution in [3.63, 3.8) is 0 Å². The fraction of sp³-hybridized carbons (Fsp3) is 0.438. The predicted octanol–water partition coefficient (Wildman–Crippen LogP) is 2.37. The third-order valence-electron chi connectivity index (χ3n) is 3.54. The molecule has 21 heavy (non-hydrogen) atoms. The van der Waals surface area contributed by atoms with Crippen LogP contribution in [0, 0.1) is 0 Å². The van der Waals surface area contributed by atoms with E-state index in [1.54, 1.807) is 32.0 Å². The number of hydrogen-bond donors (Lipinski definition) is 1. The molecule has 2 rings (SSSR count). The second kappa shape index (κ2) is 6.18. The van der Waals surface area contributed by atoms with Gasteiger partial charge in [0.05, 0.1) is 20.4 Å².